The van der Waals surface area contributed by atoms with E-state index in [1.807, 2.05) is 31.3 Å². The first-order chi connectivity index (χ1) is 20.4. The van der Waals surface area contributed by atoms with Crippen LogP contribution in [0.2, 0.25) is 18.1 Å². The van der Waals surface area contributed by atoms with Crippen molar-refractivity contribution in [2.24, 2.45) is 5.92 Å². The Labute approximate surface area is 273 Å². The number of likely N-dealkylation sites (tertiary alicyclic amines) is 1. The van der Waals surface area contributed by atoms with Crippen LogP contribution in [0.5, 0.6) is 5.88 Å². The Hall–Kier alpha value is -3.02. The number of anilines is 1. The quantitative estimate of drug-likeness (QED) is 0.253. The zero-order valence-electron chi connectivity index (χ0n) is 26.5. The fourth-order valence-electron chi connectivity index (χ4n) is 4.51. The minimum absolute atomic E-state index is 0. The van der Waals surface area contributed by atoms with E-state index >= 15 is 0 Å². The number of nitrogens with one attached hydrogen (secondary N) is 1. The summed E-state index contributed by atoms with van der Waals surface area (Å²) in [5, 5.41) is 13.7. The highest BCUT2D eigenvalue weighted by atomic mass is 32.1. The number of aromatic nitrogens is 3. The second kappa shape index (κ2) is 15.3. The molecule has 1 aliphatic heterocycles. The minimum atomic E-state index is -1.97. The zero-order valence-corrected chi connectivity index (χ0v) is 29.3. The number of rotatable bonds is 11. The van der Waals surface area contributed by atoms with Gasteiger partial charge in [-0.25, -0.2) is 9.97 Å². The summed E-state index contributed by atoms with van der Waals surface area (Å²) in [5.41, 5.74) is 7.46. The molecule has 1 aliphatic rings. The highest BCUT2D eigenvalue weighted by Gasteiger charge is 2.37. The van der Waals surface area contributed by atoms with Crippen LogP contribution in [0.25, 0.3) is 10.7 Å². The molecule has 0 spiro atoms. The third kappa shape index (κ3) is 9.25. The van der Waals surface area contributed by atoms with Gasteiger partial charge in [0.2, 0.25) is 5.88 Å². The van der Waals surface area contributed by atoms with Crippen molar-refractivity contribution in [1.29, 1.82) is 5.26 Å². The lowest BCUT2D eigenvalue weighted by molar-refractivity contribution is 0.0926. The van der Waals surface area contributed by atoms with Crippen LogP contribution in [-0.4, -0.2) is 66.4 Å². The Morgan fingerprint density at radius 2 is 2.00 bits per heavy atom. The summed E-state index contributed by atoms with van der Waals surface area (Å²) in [5.74, 6) is 0.0895. The number of nitriles is 1. The molecule has 1 fully saturated rings. The van der Waals surface area contributed by atoms with Crippen LogP contribution in [0.3, 0.4) is 0 Å². The highest BCUT2D eigenvalue weighted by Crippen LogP contribution is 2.36. The molecule has 44 heavy (non-hydrogen) atoms. The number of nitrogen functional groups attached to an aromatic ring is 1. The maximum absolute atomic E-state index is 13.1. The van der Waals surface area contributed by atoms with E-state index in [1.165, 1.54) is 10.9 Å². The number of piperidine rings is 1. The summed E-state index contributed by atoms with van der Waals surface area (Å²) in [7, 11) is -1.97. The van der Waals surface area contributed by atoms with Crippen LogP contribution in [0, 0.1) is 17.2 Å². The number of pyridine rings is 2. The Morgan fingerprint density at radius 1 is 1.27 bits per heavy atom. The van der Waals surface area contributed by atoms with E-state index in [1.54, 1.807) is 17.5 Å². The fraction of sp³-hybridized carbons (Fsp3) is 0.516. The first-order valence-corrected chi connectivity index (χ1v) is 18.5. The molecule has 0 bridgehead atoms. The van der Waals surface area contributed by atoms with Gasteiger partial charge in [0, 0.05) is 30.4 Å². The standard InChI is InChI=1S/C31H43N7O3SSi.H2S/c1-21(20-40-43(5,6)31(2,3)4)41-29-24(16-32)25(33)15-27(37-29)28(39)35-17-22-10-13-38(14-11-22)19-23-18-36-30(42-23)26-9-7-8-12-34-26;/h7-9,12,15,18,21-22H,10-11,13-14,17,19-20H2,1-6H3,(H2,33,37)(H,35,39);1H2/t21-;/m0./s1. The zero-order chi connectivity index (χ0) is 31.2. The van der Waals surface area contributed by atoms with Crippen molar-refractivity contribution in [2.45, 2.75) is 71.3 Å². The largest absolute Gasteiger partial charge is 0.471 e. The topological polar surface area (TPSA) is 139 Å². The molecule has 1 amide bonds. The van der Waals surface area contributed by atoms with Gasteiger partial charge in [-0.15, -0.1) is 11.3 Å². The van der Waals surface area contributed by atoms with Crippen LogP contribution in [0.4, 0.5) is 5.69 Å². The molecule has 0 saturated carbocycles. The number of hydrogen-bond acceptors (Lipinski definition) is 10. The van der Waals surface area contributed by atoms with E-state index < -0.39 is 8.32 Å². The third-order valence-corrected chi connectivity index (χ3v) is 13.7. The Morgan fingerprint density at radius 3 is 2.64 bits per heavy atom. The molecule has 3 aromatic heterocycles. The molecule has 238 valence electrons. The average Bonchev–Trinajstić information content (AvgIpc) is 3.44. The smallest absolute Gasteiger partial charge is 0.270 e. The van der Waals surface area contributed by atoms with Gasteiger partial charge in [-0.2, -0.15) is 18.8 Å². The van der Waals surface area contributed by atoms with E-state index in [4.69, 9.17) is 14.9 Å². The third-order valence-electron chi connectivity index (χ3n) is 8.23. The molecule has 4 rings (SSSR count). The van der Waals surface area contributed by atoms with Crippen molar-refractivity contribution in [3.63, 3.8) is 0 Å². The first kappa shape index (κ1) is 35.5. The van der Waals surface area contributed by atoms with Crippen LogP contribution >= 0.6 is 24.8 Å². The molecule has 0 unspecified atom stereocenters. The SMILES string of the molecule is C[C@@H](CO[Si](C)(C)C(C)(C)C)Oc1nc(C(=O)NCC2CCN(Cc3cnc(-c4ccccn4)s3)CC2)cc(N)c1C#N.S. The minimum Gasteiger partial charge on any atom is -0.471 e. The molecule has 3 aromatic rings. The van der Waals surface area contributed by atoms with Gasteiger partial charge in [0.15, 0.2) is 8.32 Å². The van der Waals surface area contributed by atoms with Gasteiger partial charge >= 0.3 is 0 Å². The molecule has 10 nitrogen and oxygen atoms in total. The van der Waals surface area contributed by atoms with Gasteiger partial charge in [0.25, 0.3) is 5.91 Å². The second-order valence-electron chi connectivity index (χ2n) is 12.7. The summed E-state index contributed by atoms with van der Waals surface area (Å²) < 4.78 is 12.2. The Kier molecular flexibility index (Phi) is 12.3. The van der Waals surface area contributed by atoms with E-state index in [0.29, 0.717) is 19.1 Å². The number of carbonyl (C=O) groups is 1. The van der Waals surface area contributed by atoms with Crippen molar-refractivity contribution in [3.8, 4) is 22.7 Å². The molecule has 1 atom stereocenters. The van der Waals surface area contributed by atoms with Crippen LogP contribution in [0.15, 0.2) is 36.7 Å². The van der Waals surface area contributed by atoms with Gasteiger partial charge in [-0.3, -0.25) is 14.7 Å². The summed E-state index contributed by atoms with van der Waals surface area (Å²) >= 11 is 1.68. The van der Waals surface area contributed by atoms with Crippen molar-refractivity contribution in [3.05, 3.63) is 52.8 Å². The summed E-state index contributed by atoms with van der Waals surface area (Å²) in [4.78, 5) is 30.0. The van der Waals surface area contributed by atoms with Crippen molar-refractivity contribution < 1.29 is 14.0 Å². The molecule has 0 radical (unpaired) electrons. The molecule has 13 heteroatoms. The predicted octanol–water partition coefficient (Wildman–Crippen LogP) is 5.60. The Bertz CT molecular complexity index is 1430. The van der Waals surface area contributed by atoms with Gasteiger partial charge in [-0.1, -0.05) is 26.8 Å². The molecular formula is C31H45N7O3S2Si. The van der Waals surface area contributed by atoms with Crippen LogP contribution in [-0.2, 0) is 11.0 Å². The highest BCUT2D eigenvalue weighted by molar-refractivity contribution is 7.59. The van der Waals surface area contributed by atoms with Gasteiger partial charge in [0.1, 0.15) is 28.4 Å². The molecular weight excluding hydrogens is 611 g/mol. The second-order valence-corrected chi connectivity index (χ2v) is 18.6. The summed E-state index contributed by atoms with van der Waals surface area (Å²) in [6.45, 7) is 16.4. The van der Waals surface area contributed by atoms with Crippen LogP contribution in [0.1, 0.15) is 61.5 Å². The molecule has 0 aliphatic carbocycles. The van der Waals surface area contributed by atoms with Crippen LogP contribution < -0.4 is 15.8 Å². The monoisotopic (exact) mass is 655 g/mol. The number of carbonyl (C=O) groups excluding carboxylic acids is 1. The predicted molar refractivity (Wildman–Crippen MR) is 183 cm³/mol. The number of hydrogen-bond donors (Lipinski definition) is 2. The van der Waals surface area contributed by atoms with E-state index in [9.17, 15) is 10.1 Å². The maximum atomic E-state index is 13.1. The average molecular weight is 656 g/mol. The lowest BCUT2D eigenvalue weighted by Crippen LogP contribution is -2.43. The van der Waals surface area contributed by atoms with Crippen molar-refractivity contribution in [1.82, 2.24) is 25.2 Å². The molecule has 4 heterocycles. The normalized spacial score (nSPS) is 15.2. The van der Waals surface area contributed by atoms with Gasteiger partial charge in [0.05, 0.1) is 18.0 Å². The van der Waals surface area contributed by atoms with E-state index in [-0.39, 0.29) is 53.4 Å². The lowest BCUT2D eigenvalue weighted by Gasteiger charge is -2.36. The summed E-state index contributed by atoms with van der Waals surface area (Å²) in [6, 6.07) is 9.35. The number of ether oxygens (including phenoxy) is 1. The van der Waals surface area contributed by atoms with E-state index in [0.717, 1.165) is 43.2 Å². The van der Waals surface area contributed by atoms with Crippen molar-refractivity contribution in [2.75, 3.05) is 32.0 Å². The number of nitrogens with zero attached hydrogens (tertiary/aromatic N) is 5. The molecule has 3 N–H and O–H groups in total. The first-order valence-electron chi connectivity index (χ1n) is 14.7. The summed E-state index contributed by atoms with van der Waals surface area (Å²) in [6.07, 6.45) is 5.32. The fourth-order valence-corrected chi connectivity index (χ4v) is 6.52. The Balaban J connectivity index is 0.00000529. The van der Waals surface area contributed by atoms with Gasteiger partial charge in [-0.05, 0) is 75.1 Å². The van der Waals surface area contributed by atoms with Crippen molar-refractivity contribution >= 4 is 44.7 Å². The molecule has 0 aromatic carbocycles. The molecule has 1 saturated heterocycles. The van der Waals surface area contributed by atoms with Gasteiger partial charge < -0.3 is 20.2 Å². The maximum Gasteiger partial charge on any atom is 0.270 e. The number of amides is 1. The van der Waals surface area contributed by atoms with E-state index in [2.05, 4.69) is 65.1 Å². The lowest BCUT2D eigenvalue weighted by atomic mass is 9.96. The number of thiazole rings is 1. The number of nitrogens with two attached hydrogens (primary N) is 1.